The van der Waals surface area contributed by atoms with Gasteiger partial charge < -0.3 is 19.7 Å². The summed E-state index contributed by atoms with van der Waals surface area (Å²) < 4.78 is 51.4. The van der Waals surface area contributed by atoms with E-state index >= 15 is 0 Å². The zero-order valence-corrected chi connectivity index (χ0v) is 22.4. The van der Waals surface area contributed by atoms with Crippen molar-refractivity contribution >= 4 is 27.5 Å². The van der Waals surface area contributed by atoms with Crippen LogP contribution in [0, 0.1) is 5.82 Å². The van der Waals surface area contributed by atoms with Crippen LogP contribution < -0.4 is 19.1 Å². The van der Waals surface area contributed by atoms with E-state index in [1.54, 1.807) is 13.0 Å². The van der Waals surface area contributed by atoms with Crippen molar-refractivity contribution < 1.29 is 31.9 Å². The lowest BCUT2D eigenvalue weighted by Crippen LogP contribution is -2.52. The fourth-order valence-electron chi connectivity index (χ4n) is 4.38. The van der Waals surface area contributed by atoms with E-state index in [9.17, 15) is 22.4 Å². The third-order valence-corrected chi connectivity index (χ3v) is 7.64. The topological polar surface area (TPSA) is 105 Å². The average molecular weight is 536 g/mol. The van der Waals surface area contributed by atoms with Gasteiger partial charge in [0.1, 0.15) is 18.4 Å². The van der Waals surface area contributed by atoms with Crippen molar-refractivity contribution in [3.05, 3.63) is 53.8 Å². The maximum absolute atomic E-state index is 14.5. The smallest absolute Gasteiger partial charge is 0.244 e. The molecule has 1 N–H and O–H groups in total. The Hall–Kier alpha value is -3.34. The number of hydrogen-bond donors (Lipinski definition) is 1. The van der Waals surface area contributed by atoms with Crippen LogP contribution in [0.3, 0.4) is 0 Å². The van der Waals surface area contributed by atoms with Crippen molar-refractivity contribution in [2.24, 2.45) is 0 Å². The van der Waals surface area contributed by atoms with Crippen LogP contribution in [0.15, 0.2) is 42.5 Å². The van der Waals surface area contributed by atoms with E-state index in [0.717, 1.165) is 36.2 Å². The SMILES string of the molecule is COc1ccc(N(CC(=O)N(Cc2ccccc2F)[C@@H](C)C(=O)NC2CCCC2)S(C)(=O)=O)cc1OC. The fraction of sp³-hybridized carbons (Fsp3) is 0.462. The Balaban J connectivity index is 1.92. The molecule has 2 amide bonds. The molecule has 3 rings (SSSR count). The quantitative estimate of drug-likeness (QED) is 0.474. The maximum atomic E-state index is 14.5. The number of methoxy groups -OCH3 is 2. The molecule has 0 aliphatic heterocycles. The summed E-state index contributed by atoms with van der Waals surface area (Å²) in [6.07, 6.45) is 4.74. The number of rotatable bonds is 11. The first-order valence-corrected chi connectivity index (χ1v) is 13.9. The van der Waals surface area contributed by atoms with Crippen molar-refractivity contribution in [1.82, 2.24) is 10.2 Å². The number of hydrogen-bond acceptors (Lipinski definition) is 6. The minimum atomic E-state index is -3.92. The van der Waals surface area contributed by atoms with Crippen LogP contribution in [0.5, 0.6) is 11.5 Å². The van der Waals surface area contributed by atoms with Crippen LogP contribution >= 0.6 is 0 Å². The summed E-state index contributed by atoms with van der Waals surface area (Å²) in [6, 6.07) is 9.51. The van der Waals surface area contributed by atoms with Gasteiger partial charge in [-0.25, -0.2) is 12.8 Å². The molecule has 1 atom stereocenters. The minimum absolute atomic E-state index is 0.0274. The summed E-state index contributed by atoms with van der Waals surface area (Å²) in [5.74, 6) is -0.868. The van der Waals surface area contributed by atoms with Gasteiger partial charge in [0.2, 0.25) is 21.8 Å². The Morgan fingerprint density at radius 1 is 1.08 bits per heavy atom. The molecule has 0 heterocycles. The van der Waals surface area contributed by atoms with Crippen molar-refractivity contribution in [3.63, 3.8) is 0 Å². The highest BCUT2D eigenvalue weighted by Crippen LogP contribution is 2.32. The molecule has 0 bridgehead atoms. The van der Waals surface area contributed by atoms with E-state index in [0.29, 0.717) is 5.75 Å². The Morgan fingerprint density at radius 2 is 1.73 bits per heavy atom. The number of amides is 2. The van der Waals surface area contributed by atoms with Gasteiger partial charge in [0.15, 0.2) is 11.5 Å². The number of halogens is 1. The van der Waals surface area contributed by atoms with Gasteiger partial charge in [-0.2, -0.15) is 0 Å². The number of nitrogens with zero attached hydrogens (tertiary/aromatic N) is 2. The molecule has 202 valence electrons. The first-order chi connectivity index (χ1) is 17.5. The molecule has 1 aliphatic rings. The third kappa shape index (κ3) is 7.12. The Bertz CT molecular complexity index is 1220. The van der Waals surface area contributed by atoms with Crippen molar-refractivity contribution in [1.29, 1.82) is 0 Å². The second-order valence-electron chi connectivity index (χ2n) is 9.09. The number of anilines is 1. The largest absolute Gasteiger partial charge is 0.493 e. The minimum Gasteiger partial charge on any atom is -0.493 e. The van der Waals surface area contributed by atoms with Crippen LogP contribution in [-0.2, 0) is 26.2 Å². The molecule has 0 aromatic heterocycles. The fourth-order valence-corrected chi connectivity index (χ4v) is 5.22. The third-order valence-electron chi connectivity index (χ3n) is 6.50. The van der Waals surface area contributed by atoms with Gasteiger partial charge in [-0.3, -0.25) is 13.9 Å². The summed E-state index contributed by atoms with van der Waals surface area (Å²) in [4.78, 5) is 27.9. The first-order valence-electron chi connectivity index (χ1n) is 12.1. The van der Waals surface area contributed by atoms with E-state index in [1.807, 2.05) is 0 Å². The normalized spacial score (nSPS) is 14.6. The first kappa shape index (κ1) is 28.2. The van der Waals surface area contributed by atoms with E-state index < -0.39 is 34.3 Å². The maximum Gasteiger partial charge on any atom is 0.244 e. The number of ether oxygens (including phenoxy) is 2. The zero-order valence-electron chi connectivity index (χ0n) is 21.6. The Labute approximate surface area is 217 Å². The highest BCUT2D eigenvalue weighted by Gasteiger charge is 2.32. The predicted octanol–water partition coefficient (Wildman–Crippen LogP) is 3.09. The van der Waals surface area contributed by atoms with Crippen molar-refractivity contribution in [3.8, 4) is 11.5 Å². The molecule has 0 spiro atoms. The van der Waals surface area contributed by atoms with Gasteiger partial charge in [-0.1, -0.05) is 31.0 Å². The summed E-state index contributed by atoms with van der Waals surface area (Å²) in [7, 11) is -1.05. The molecular formula is C26H34FN3O6S. The number of nitrogens with one attached hydrogen (secondary N) is 1. The van der Waals surface area contributed by atoms with E-state index in [-0.39, 0.29) is 35.5 Å². The average Bonchev–Trinajstić information content (AvgIpc) is 3.38. The van der Waals surface area contributed by atoms with Gasteiger partial charge in [-0.15, -0.1) is 0 Å². The molecule has 2 aromatic rings. The standard InChI is InChI=1S/C26H34FN3O6S/c1-18(26(32)28-20-10-6-7-11-20)29(16-19-9-5-8-12-22(19)27)25(31)17-30(37(4,33)34)21-13-14-23(35-2)24(15-21)36-3/h5,8-9,12-15,18,20H,6-7,10-11,16-17H2,1-4H3,(H,28,32)/t18-/m0/s1. The van der Waals surface area contributed by atoms with Gasteiger partial charge in [0.25, 0.3) is 0 Å². The van der Waals surface area contributed by atoms with E-state index in [2.05, 4.69) is 5.32 Å². The molecule has 37 heavy (non-hydrogen) atoms. The molecule has 0 saturated heterocycles. The molecule has 1 aliphatic carbocycles. The van der Waals surface area contributed by atoms with E-state index in [1.165, 1.54) is 55.5 Å². The van der Waals surface area contributed by atoms with Gasteiger partial charge >= 0.3 is 0 Å². The molecule has 9 nitrogen and oxygen atoms in total. The van der Waals surface area contributed by atoms with Gasteiger partial charge in [0, 0.05) is 24.2 Å². The van der Waals surface area contributed by atoms with Crippen LogP contribution in [-0.4, -0.2) is 64.2 Å². The van der Waals surface area contributed by atoms with Crippen LogP contribution in [0.1, 0.15) is 38.2 Å². The number of benzene rings is 2. The number of carbonyl (C=O) groups is 2. The summed E-state index contributed by atoms with van der Waals surface area (Å²) in [6.45, 7) is 0.766. The second kappa shape index (κ2) is 12.3. The summed E-state index contributed by atoms with van der Waals surface area (Å²) in [5.41, 5.74) is 0.399. The molecular weight excluding hydrogens is 501 g/mol. The van der Waals surface area contributed by atoms with Crippen LogP contribution in [0.2, 0.25) is 0 Å². The lowest BCUT2D eigenvalue weighted by Gasteiger charge is -2.32. The Morgan fingerprint density at radius 3 is 2.32 bits per heavy atom. The molecule has 2 aromatic carbocycles. The summed E-state index contributed by atoms with van der Waals surface area (Å²) >= 11 is 0. The van der Waals surface area contributed by atoms with Crippen LogP contribution in [0.25, 0.3) is 0 Å². The highest BCUT2D eigenvalue weighted by molar-refractivity contribution is 7.92. The highest BCUT2D eigenvalue weighted by atomic mass is 32.2. The lowest BCUT2D eigenvalue weighted by molar-refractivity contribution is -0.139. The van der Waals surface area contributed by atoms with Crippen molar-refractivity contribution in [2.75, 3.05) is 31.3 Å². The molecule has 0 radical (unpaired) electrons. The lowest BCUT2D eigenvalue weighted by atomic mass is 10.1. The summed E-state index contributed by atoms with van der Waals surface area (Å²) in [5, 5.41) is 2.97. The number of sulfonamides is 1. The Kier molecular flexibility index (Phi) is 9.36. The molecule has 1 fully saturated rings. The number of carbonyl (C=O) groups excluding carboxylic acids is 2. The molecule has 0 unspecified atom stereocenters. The zero-order chi connectivity index (χ0) is 27.2. The second-order valence-corrected chi connectivity index (χ2v) is 11.0. The van der Waals surface area contributed by atoms with Crippen molar-refractivity contribution in [2.45, 2.75) is 51.2 Å². The van der Waals surface area contributed by atoms with Gasteiger partial charge in [0.05, 0.1) is 26.2 Å². The van der Waals surface area contributed by atoms with Gasteiger partial charge in [-0.05, 0) is 38.0 Å². The molecule has 11 heteroatoms. The predicted molar refractivity (Wildman–Crippen MR) is 139 cm³/mol. The van der Waals surface area contributed by atoms with Crippen LogP contribution in [0.4, 0.5) is 10.1 Å². The molecule has 1 saturated carbocycles. The van der Waals surface area contributed by atoms with E-state index in [4.69, 9.17) is 9.47 Å². The monoisotopic (exact) mass is 535 g/mol.